The van der Waals surface area contributed by atoms with Crippen LogP contribution in [0.2, 0.25) is 5.02 Å². The SMILES string of the molecule is COC(=O)c1ccc(COc2cccc(Cl)c2F)cc1F. The molecule has 0 aliphatic carbocycles. The number of methoxy groups -OCH3 is 1. The van der Waals surface area contributed by atoms with Crippen LogP contribution in [0.1, 0.15) is 15.9 Å². The molecule has 2 aromatic carbocycles. The fraction of sp³-hybridized carbons (Fsp3) is 0.133. The predicted octanol–water partition coefficient (Wildman–Crippen LogP) is 3.98. The fourth-order valence-corrected chi connectivity index (χ4v) is 1.85. The number of carbonyl (C=O) groups is 1. The molecule has 0 saturated carbocycles. The lowest BCUT2D eigenvalue weighted by molar-refractivity contribution is 0.0595. The molecule has 2 rings (SSSR count). The minimum Gasteiger partial charge on any atom is -0.486 e. The lowest BCUT2D eigenvalue weighted by atomic mass is 10.1. The number of halogens is 3. The molecule has 110 valence electrons. The van der Waals surface area contributed by atoms with E-state index < -0.39 is 17.6 Å². The van der Waals surface area contributed by atoms with Crippen LogP contribution in [-0.4, -0.2) is 13.1 Å². The van der Waals surface area contributed by atoms with Gasteiger partial charge in [0.1, 0.15) is 12.4 Å². The van der Waals surface area contributed by atoms with Gasteiger partial charge in [-0.3, -0.25) is 0 Å². The molecule has 0 N–H and O–H groups in total. The number of rotatable bonds is 4. The molecule has 0 unspecified atom stereocenters. The Labute approximate surface area is 125 Å². The molecule has 21 heavy (non-hydrogen) atoms. The van der Waals surface area contributed by atoms with Crippen LogP contribution in [0.3, 0.4) is 0 Å². The Balaban J connectivity index is 2.12. The largest absolute Gasteiger partial charge is 0.486 e. The van der Waals surface area contributed by atoms with Crippen molar-refractivity contribution in [1.82, 2.24) is 0 Å². The van der Waals surface area contributed by atoms with E-state index in [1.807, 2.05) is 0 Å². The summed E-state index contributed by atoms with van der Waals surface area (Å²) in [5.41, 5.74) is 0.273. The van der Waals surface area contributed by atoms with Gasteiger partial charge >= 0.3 is 5.97 Å². The van der Waals surface area contributed by atoms with Crippen molar-refractivity contribution in [2.75, 3.05) is 7.11 Å². The summed E-state index contributed by atoms with van der Waals surface area (Å²) >= 11 is 5.63. The maximum Gasteiger partial charge on any atom is 0.340 e. The highest BCUT2D eigenvalue weighted by Gasteiger charge is 2.13. The van der Waals surface area contributed by atoms with E-state index in [2.05, 4.69) is 4.74 Å². The van der Waals surface area contributed by atoms with Crippen molar-refractivity contribution < 1.29 is 23.0 Å². The van der Waals surface area contributed by atoms with Gasteiger partial charge in [0, 0.05) is 0 Å². The van der Waals surface area contributed by atoms with Crippen LogP contribution in [0, 0.1) is 11.6 Å². The van der Waals surface area contributed by atoms with E-state index in [0.29, 0.717) is 5.56 Å². The Morgan fingerprint density at radius 2 is 2.00 bits per heavy atom. The molecule has 0 saturated heterocycles. The summed E-state index contributed by atoms with van der Waals surface area (Å²) in [6.07, 6.45) is 0. The Hall–Kier alpha value is -2.14. The summed E-state index contributed by atoms with van der Waals surface area (Å²) in [6.45, 7) is -0.0599. The monoisotopic (exact) mass is 312 g/mol. The highest BCUT2D eigenvalue weighted by molar-refractivity contribution is 6.30. The Bertz CT molecular complexity index is 674. The first kappa shape index (κ1) is 15.3. The van der Waals surface area contributed by atoms with Gasteiger partial charge in [-0.1, -0.05) is 23.7 Å². The molecule has 0 aromatic heterocycles. The topological polar surface area (TPSA) is 35.5 Å². The second-order valence-corrected chi connectivity index (χ2v) is 4.55. The molecular formula is C15H11ClF2O3. The summed E-state index contributed by atoms with van der Waals surface area (Å²) in [5, 5.41) is -0.0558. The molecule has 6 heteroatoms. The van der Waals surface area contributed by atoms with E-state index in [1.54, 1.807) is 6.07 Å². The second kappa shape index (κ2) is 6.54. The first-order valence-corrected chi connectivity index (χ1v) is 6.34. The third-order valence-corrected chi connectivity index (χ3v) is 3.04. The number of esters is 1. The molecule has 0 fully saturated rings. The summed E-state index contributed by atoms with van der Waals surface area (Å²) in [4.78, 5) is 11.2. The van der Waals surface area contributed by atoms with Gasteiger partial charge in [-0.25, -0.2) is 13.6 Å². The van der Waals surface area contributed by atoms with Crippen molar-refractivity contribution in [2.24, 2.45) is 0 Å². The molecule has 0 aliphatic rings. The normalized spacial score (nSPS) is 10.3. The molecule has 2 aromatic rings. The van der Waals surface area contributed by atoms with Crippen molar-refractivity contribution in [3.8, 4) is 5.75 Å². The van der Waals surface area contributed by atoms with Gasteiger partial charge in [0.15, 0.2) is 11.6 Å². The van der Waals surface area contributed by atoms with Gasteiger partial charge in [-0.15, -0.1) is 0 Å². The average Bonchev–Trinajstić information content (AvgIpc) is 2.48. The first-order valence-electron chi connectivity index (χ1n) is 5.96. The Morgan fingerprint density at radius 1 is 1.24 bits per heavy atom. The third-order valence-electron chi connectivity index (χ3n) is 2.75. The molecule has 0 aliphatic heterocycles. The second-order valence-electron chi connectivity index (χ2n) is 4.15. The van der Waals surface area contributed by atoms with E-state index in [1.165, 1.54) is 31.4 Å². The van der Waals surface area contributed by atoms with E-state index in [9.17, 15) is 13.6 Å². The van der Waals surface area contributed by atoms with Crippen LogP contribution in [0.25, 0.3) is 0 Å². The zero-order valence-electron chi connectivity index (χ0n) is 11.0. The van der Waals surface area contributed by atoms with Gasteiger partial charge in [0.2, 0.25) is 0 Å². The number of hydrogen-bond donors (Lipinski definition) is 0. The quantitative estimate of drug-likeness (QED) is 0.801. The Morgan fingerprint density at radius 3 is 2.67 bits per heavy atom. The molecule has 0 bridgehead atoms. The number of ether oxygens (including phenoxy) is 2. The lowest BCUT2D eigenvalue weighted by Gasteiger charge is -2.09. The maximum absolute atomic E-state index is 13.7. The first-order chi connectivity index (χ1) is 10.0. The van der Waals surface area contributed by atoms with Gasteiger partial charge in [-0.2, -0.15) is 0 Å². The van der Waals surface area contributed by atoms with Crippen LogP contribution in [0.4, 0.5) is 8.78 Å². The van der Waals surface area contributed by atoms with E-state index >= 15 is 0 Å². The van der Waals surface area contributed by atoms with Crippen LogP contribution in [-0.2, 0) is 11.3 Å². The van der Waals surface area contributed by atoms with Crippen molar-refractivity contribution in [1.29, 1.82) is 0 Å². The number of carbonyl (C=O) groups excluding carboxylic acids is 1. The van der Waals surface area contributed by atoms with Gasteiger partial charge in [0.25, 0.3) is 0 Å². The van der Waals surface area contributed by atoms with Crippen molar-refractivity contribution in [3.63, 3.8) is 0 Å². The highest BCUT2D eigenvalue weighted by atomic mass is 35.5. The minimum absolute atomic E-state index is 0.0278. The minimum atomic E-state index is -0.763. The van der Waals surface area contributed by atoms with E-state index in [0.717, 1.165) is 6.07 Å². The van der Waals surface area contributed by atoms with Crippen LogP contribution in [0.15, 0.2) is 36.4 Å². The maximum atomic E-state index is 13.7. The zero-order chi connectivity index (χ0) is 15.4. The highest BCUT2D eigenvalue weighted by Crippen LogP contribution is 2.25. The lowest BCUT2D eigenvalue weighted by Crippen LogP contribution is -2.06. The standard InChI is InChI=1S/C15H11ClF2O3/c1-20-15(19)10-6-5-9(7-12(10)17)8-21-13-4-2-3-11(16)14(13)18/h2-7H,8H2,1H3. The summed E-state index contributed by atoms with van der Waals surface area (Å²) in [5.74, 6) is -2.19. The summed E-state index contributed by atoms with van der Waals surface area (Å²) in [7, 11) is 1.17. The number of hydrogen-bond acceptors (Lipinski definition) is 3. The molecule has 0 radical (unpaired) electrons. The molecule has 0 heterocycles. The molecule has 0 spiro atoms. The predicted molar refractivity (Wildman–Crippen MR) is 73.5 cm³/mol. The van der Waals surface area contributed by atoms with Gasteiger partial charge in [-0.05, 0) is 29.8 Å². The van der Waals surface area contributed by atoms with E-state index in [4.69, 9.17) is 16.3 Å². The molecular weight excluding hydrogens is 302 g/mol. The van der Waals surface area contributed by atoms with Crippen LogP contribution < -0.4 is 4.74 Å². The zero-order valence-corrected chi connectivity index (χ0v) is 11.8. The summed E-state index contributed by atoms with van der Waals surface area (Å²) < 4.78 is 37.0. The van der Waals surface area contributed by atoms with Gasteiger partial charge in [0.05, 0.1) is 17.7 Å². The molecule has 0 amide bonds. The van der Waals surface area contributed by atoms with Crippen molar-refractivity contribution >= 4 is 17.6 Å². The molecule has 0 atom stereocenters. The number of benzene rings is 2. The fourth-order valence-electron chi connectivity index (χ4n) is 1.68. The van der Waals surface area contributed by atoms with E-state index in [-0.39, 0.29) is 22.9 Å². The smallest absolute Gasteiger partial charge is 0.340 e. The summed E-state index contributed by atoms with van der Waals surface area (Å²) in [6, 6.07) is 8.28. The van der Waals surface area contributed by atoms with Crippen LogP contribution in [0.5, 0.6) is 5.75 Å². The van der Waals surface area contributed by atoms with Crippen molar-refractivity contribution in [2.45, 2.75) is 6.61 Å². The Kier molecular flexibility index (Phi) is 4.75. The van der Waals surface area contributed by atoms with Crippen molar-refractivity contribution in [3.05, 3.63) is 64.2 Å². The van der Waals surface area contributed by atoms with Crippen LogP contribution >= 0.6 is 11.6 Å². The average molecular weight is 313 g/mol. The third kappa shape index (κ3) is 3.49. The molecule has 3 nitrogen and oxygen atoms in total. The van der Waals surface area contributed by atoms with Gasteiger partial charge < -0.3 is 9.47 Å².